The minimum atomic E-state index is -0.894. The van der Waals surface area contributed by atoms with Crippen LogP contribution in [0.3, 0.4) is 0 Å². The number of esters is 1. The molecule has 8 nitrogen and oxygen atoms in total. The smallest absolute Gasteiger partial charge is 0.325 e. The predicted octanol–water partition coefficient (Wildman–Crippen LogP) is 1.81. The Balaban J connectivity index is 1.69. The van der Waals surface area contributed by atoms with Gasteiger partial charge in [-0.2, -0.15) is 5.10 Å². The molecular weight excluding hydrogens is 350 g/mol. The number of nitrogens with zero attached hydrogens (tertiary/aromatic N) is 2. The van der Waals surface area contributed by atoms with E-state index in [1.54, 1.807) is 24.6 Å². The predicted molar refractivity (Wildman–Crippen MR) is 99.2 cm³/mol. The molecule has 0 aliphatic carbocycles. The summed E-state index contributed by atoms with van der Waals surface area (Å²) in [4.78, 5) is 23.8. The lowest BCUT2D eigenvalue weighted by molar-refractivity contribution is -0.159. The van der Waals surface area contributed by atoms with E-state index in [1.807, 2.05) is 30.5 Å². The van der Waals surface area contributed by atoms with Crippen LogP contribution in [-0.2, 0) is 30.3 Å². The third-order valence-corrected chi connectivity index (χ3v) is 4.20. The topological polar surface area (TPSA) is 91.2 Å². The van der Waals surface area contributed by atoms with E-state index in [0.29, 0.717) is 19.8 Å². The maximum atomic E-state index is 12.0. The molecule has 2 aromatic rings. The Morgan fingerprint density at radius 1 is 1.33 bits per heavy atom. The molecule has 3 rings (SSSR count). The number of carbonyl (C=O) groups excluding carboxylic acids is 2. The van der Waals surface area contributed by atoms with E-state index >= 15 is 0 Å². The van der Waals surface area contributed by atoms with Crippen molar-refractivity contribution in [1.29, 1.82) is 0 Å². The highest BCUT2D eigenvalue weighted by Crippen LogP contribution is 2.22. The van der Waals surface area contributed by atoms with Crippen LogP contribution in [0.4, 0.5) is 0 Å². The second-order valence-corrected chi connectivity index (χ2v) is 6.34. The average molecular weight is 373 g/mol. The molecule has 0 radical (unpaired) electrons. The molecule has 1 amide bonds. The molecule has 1 aromatic heterocycles. The van der Waals surface area contributed by atoms with Gasteiger partial charge in [-0.1, -0.05) is 18.2 Å². The SMILES string of the molecule is CCOC(=O)Cn1cc(/C=N\NC(=O)CC2(C)OCCO2)c2ccccc21. The fourth-order valence-corrected chi connectivity index (χ4v) is 3.02. The number of aromatic nitrogens is 1. The number of fused-ring (bicyclic) bond motifs is 1. The molecule has 144 valence electrons. The van der Waals surface area contributed by atoms with Crippen LogP contribution in [-0.4, -0.2) is 48.3 Å². The van der Waals surface area contributed by atoms with E-state index in [-0.39, 0.29) is 24.8 Å². The second-order valence-electron chi connectivity index (χ2n) is 6.34. The Hall–Kier alpha value is -2.71. The molecule has 0 unspecified atom stereocenters. The van der Waals surface area contributed by atoms with Crippen molar-refractivity contribution in [2.45, 2.75) is 32.6 Å². The molecule has 8 heteroatoms. The van der Waals surface area contributed by atoms with Gasteiger partial charge in [-0.15, -0.1) is 0 Å². The number of nitrogens with one attached hydrogen (secondary N) is 1. The number of hydrazone groups is 1. The van der Waals surface area contributed by atoms with Gasteiger partial charge in [0.2, 0.25) is 5.91 Å². The fraction of sp³-hybridized carbons (Fsp3) is 0.421. The Labute approximate surface area is 157 Å². The molecule has 1 fully saturated rings. The van der Waals surface area contributed by atoms with Gasteiger partial charge in [0.1, 0.15) is 6.54 Å². The minimum absolute atomic E-state index is 0.0644. The van der Waals surface area contributed by atoms with Gasteiger partial charge in [-0.3, -0.25) is 9.59 Å². The van der Waals surface area contributed by atoms with E-state index in [0.717, 1.165) is 16.5 Å². The van der Waals surface area contributed by atoms with Gasteiger partial charge in [0.15, 0.2) is 5.79 Å². The summed E-state index contributed by atoms with van der Waals surface area (Å²) < 4.78 is 17.6. The van der Waals surface area contributed by atoms with Gasteiger partial charge < -0.3 is 18.8 Å². The quantitative estimate of drug-likeness (QED) is 0.454. The minimum Gasteiger partial charge on any atom is -0.465 e. The molecule has 0 atom stereocenters. The van der Waals surface area contributed by atoms with Crippen LogP contribution in [0.1, 0.15) is 25.8 Å². The number of hydrogen-bond acceptors (Lipinski definition) is 6. The van der Waals surface area contributed by atoms with Crippen molar-refractivity contribution in [3.63, 3.8) is 0 Å². The maximum Gasteiger partial charge on any atom is 0.325 e. The average Bonchev–Trinajstić information content (AvgIpc) is 3.20. The van der Waals surface area contributed by atoms with Crippen molar-refractivity contribution in [3.05, 3.63) is 36.0 Å². The van der Waals surface area contributed by atoms with Gasteiger partial charge in [0.05, 0.1) is 32.5 Å². The van der Waals surface area contributed by atoms with Crippen LogP contribution in [0.2, 0.25) is 0 Å². The fourth-order valence-electron chi connectivity index (χ4n) is 3.02. The zero-order valence-corrected chi connectivity index (χ0v) is 15.4. The molecule has 1 aromatic carbocycles. The van der Waals surface area contributed by atoms with Crippen LogP contribution in [0, 0.1) is 0 Å². The van der Waals surface area contributed by atoms with Gasteiger partial charge in [-0.05, 0) is 19.9 Å². The highest BCUT2D eigenvalue weighted by Gasteiger charge is 2.33. The zero-order valence-electron chi connectivity index (χ0n) is 15.4. The molecular formula is C19H23N3O5. The lowest BCUT2D eigenvalue weighted by Crippen LogP contribution is -2.33. The maximum absolute atomic E-state index is 12.0. The molecule has 2 heterocycles. The van der Waals surface area contributed by atoms with Crippen molar-refractivity contribution >= 4 is 29.0 Å². The number of rotatable bonds is 7. The first-order valence-electron chi connectivity index (χ1n) is 8.84. The monoisotopic (exact) mass is 373 g/mol. The first-order chi connectivity index (χ1) is 13.0. The Morgan fingerprint density at radius 2 is 2.07 bits per heavy atom. The van der Waals surface area contributed by atoms with Crippen LogP contribution >= 0.6 is 0 Å². The summed E-state index contributed by atoms with van der Waals surface area (Å²) in [5.41, 5.74) is 4.16. The van der Waals surface area contributed by atoms with Crippen molar-refractivity contribution < 1.29 is 23.8 Å². The summed E-state index contributed by atoms with van der Waals surface area (Å²) in [6, 6.07) is 7.65. The molecule has 1 saturated heterocycles. The van der Waals surface area contributed by atoms with Crippen molar-refractivity contribution in [2.75, 3.05) is 19.8 Å². The third-order valence-electron chi connectivity index (χ3n) is 4.20. The van der Waals surface area contributed by atoms with Gasteiger partial charge in [-0.25, -0.2) is 5.43 Å². The number of ether oxygens (including phenoxy) is 3. The van der Waals surface area contributed by atoms with Crippen LogP contribution in [0.15, 0.2) is 35.6 Å². The number of hydrogen-bond donors (Lipinski definition) is 1. The van der Waals surface area contributed by atoms with Crippen molar-refractivity contribution in [1.82, 2.24) is 9.99 Å². The molecule has 1 aliphatic rings. The van der Waals surface area contributed by atoms with Gasteiger partial charge in [0.25, 0.3) is 0 Å². The lowest BCUT2D eigenvalue weighted by atomic mass is 10.2. The summed E-state index contributed by atoms with van der Waals surface area (Å²) in [5, 5.41) is 4.95. The summed E-state index contributed by atoms with van der Waals surface area (Å²) in [7, 11) is 0. The molecule has 27 heavy (non-hydrogen) atoms. The van der Waals surface area contributed by atoms with E-state index < -0.39 is 5.79 Å². The van der Waals surface area contributed by atoms with E-state index in [4.69, 9.17) is 14.2 Å². The third kappa shape index (κ3) is 4.72. The van der Waals surface area contributed by atoms with Crippen molar-refractivity contribution in [2.24, 2.45) is 5.10 Å². The highest BCUT2D eigenvalue weighted by atomic mass is 16.7. The summed E-state index contributed by atoms with van der Waals surface area (Å²) in [6.45, 7) is 4.91. The largest absolute Gasteiger partial charge is 0.465 e. The normalized spacial score (nSPS) is 16.1. The molecule has 0 spiro atoms. The summed E-state index contributed by atoms with van der Waals surface area (Å²) in [6.07, 6.45) is 3.43. The van der Waals surface area contributed by atoms with E-state index in [2.05, 4.69) is 10.5 Å². The highest BCUT2D eigenvalue weighted by molar-refractivity contribution is 6.00. The van der Waals surface area contributed by atoms with Gasteiger partial charge >= 0.3 is 5.97 Å². The number of para-hydroxylation sites is 1. The second kappa shape index (κ2) is 8.32. The standard InChI is InChI=1S/C19H23N3O5/c1-3-25-18(24)13-22-12-14(15-6-4-5-7-16(15)22)11-20-21-17(23)10-19(2)26-8-9-27-19/h4-7,11-12H,3,8-10,13H2,1-2H3,(H,21,23)/b20-11-. The van der Waals surface area contributed by atoms with Crippen LogP contribution in [0.25, 0.3) is 10.9 Å². The number of amides is 1. The Kier molecular flexibility index (Phi) is 5.88. The molecule has 0 saturated carbocycles. The van der Waals surface area contributed by atoms with Crippen LogP contribution in [0.5, 0.6) is 0 Å². The summed E-state index contributed by atoms with van der Waals surface area (Å²) >= 11 is 0. The van der Waals surface area contributed by atoms with E-state index in [9.17, 15) is 9.59 Å². The molecule has 0 bridgehead atoms. The lowest BCUT2D eigenvalue weighted by Gasteiger charge is -2.20. The zero-order chi connectivity index (χ0) is 19.3. The Morgan fingerprint density at radius 3 is 2.81 bits per heavy atom. The molecule has 1 N–H and O–H groups in total. The molecule has 1 aliphatic heterocycles. The van der Waals surface area contributed by atoms with E-state index in [1.165, 1.54) is 0 Å². The van der Waals surface area contributed by atoms with Crippen LogP contribution < -0.4 is 5.43 Å². The Bertz CT molecular complexity index is 852. The first kappa shape index (κ1) is 19.1. The summed E-state index contributed by atoms with van der Waals surface area (Å²) in [5.74, 6) is -1.50. The number of benzene rings is 1. The van der Waals surface area contributed by atoms with Crippen molar-refractivity contribution in [3.8, 4) is 0 Å². The first-order valence-corrected chi connectivity index (χ1v) is 8.84. The number of carbonyl (C=O) groups is 2. The van der Waals surface area contributed by atoms with Gasteiger partial charge in [0, 0.05) is 22.7 Å².